The Hall–Kier alpha value is -1.36. The number of hydrogen-bond acceptors (Lipinski definition) is 3. The predicted octanol–water partition coefficient (Wildman–Crippen LogP) is 0.367. The van der Waals surface area contributed by atoms with Crippen molar-refractivity contribution in [3.8, 4) is 0 Å². The van der Waals surface area contributed by atoms with Gasteiger partial charge in [-0.1, -0.05) is 0 Å². The maximum Gasteiger partial charge on any atom is 0.273 e. The number of hydrogen-bond donors (Lipinski definition) is 2. The number of ether oxygens (including phenoxy) is 1. The maximum absolute atomic E-state index is 10.9. The van der Waals surface area contributed by atoms with E-state index in [1.165, 1.54) is 0 Å². The molecule has 0 saturated carbocycles. The van der Waals surface area contributed by atoms with E-state index >= 15 is 0 Å². The lowest BCUT2D eigenvalue weighted by Crippen LogP contribution is -2.16. The first-order chi connectivity index (χ1) is 6.06. The minimum Gasteiger partial charge on any atom is -0.515 e. The Labute approximate surface area is 76.9 Å². The van der Waals surface area contributed by atoms with Crippen molar-refractivity contribution in [2.45, 2.75) is 20.0 Å². The Bertz CT molecular complexity index is 221. The zero-order valence-corrected chi connectivity index (χ0v) is 7.73. The maximum atomic E-state index is 10.9. The first-order valence-electron chi connectivity index (χ1n) is 3.85. The second-order valence-corrected chi connectivity index (χ2v) is 2.61. The van der Waals surface area contributed by atoms with E-state index in [9.17, 15) is 4.79 Å². The van der Waals surface area contributed by atoms with Gasteiger partial charge in [-0.3, -0.25) is 4.79 Å². The van der Waals surface area contributed by atoms with Crippen LogP contribution in [-0.4, -0.2) is 29.6 Å². The van der Waals surface area contributed by atoms with E-state index in [0.29, 0.717) is 0 Å². The highest BCUT2D eigenvalue weighted by molar-refractivity contribution is 6.00. The molecule has 1 amide bonds. The summed E-state index contributed by atoms with van der Waals surface area (Å²) in [5.74, 6) is -0.510. The molecule has 0 atom stereocenters. The topological polar surface area (TPSA) is 84.9 Å². The molecular weight excluding hydrogens is 172 g/mol. The molecule has 0 rings (SSSR count). The molecule has 0 radical (unpaired) electrons. The Morgan fingerprint density at radius 2 is 2.31 bits per heavy atom. The van der Waals surface area contributed by atoms with E-state index < -0.39 is 5.91 Å². The molecule has 0 aromatic rings. The number of aliphatic hydroxyl groups excluding tert-OH is 1. The largest absolute Gasteiger partial charge is 0.515 e. The minimum absolute atomic E-state index is 0.0197. The Kier molecular flexibility index (Phi) is 5.54. The van der Waals surface area contributed by atoms with Gasteiger partial charge in [0.25, 0.3) is 5.91 Å². The number of aliphatic imine (C=N–C) groups is 1. The van der Waals surface area contributed by atoms with Crippen LogP contribution in [0.25, 0.3) is 0 Å². The van der Waals surface area contributed by atoms with Gasteiger partial charge in [-0.15, -0.1) is 0 Å². The van der Waals surface area contributed by atoms with Crippen molar-refractivity contribution in [1.29, 1.82) is 0 Å². The molecule has 3 N–H and O–H groups in total. The predicted molar refractivity (Wildman–Crippen MR) is 49.5 cm³/mol. The average molecular weight is 186 g/mol. The van der Waals surface area contributed by atoms with E-state index in [-0.39, 0.29) is 18.5 Å². The van der Waals surface area contributed by atoms with E-state index in [1.54, 1.807) is 0 Å². The Morgan fingerprint density at radius 1 is 1.69 bits per heavy atom. The van der Waals surface area contributed by atoms with Crippen LogP contribution in [0.2, 0.25) is 0 Å². The van der Waals surface area contributed by atoms with Gasteiger partial charge in [0.2, 0.25) is 0 Å². The lowest BCUT2D eigenvalue weighted by Gasteiger charge is -2.03. The zero-order chi connectivity index (χ0) is 10.3. The number of aliphatic hydroxyl groups is 1. The molecule has 74 valence electrons. The van der Waals surface area contributed by atoms with Gasteiger partial charge in [0, 0.05) is 6.08 Å². The third kappa shape index (κ3) is 7.02. The molecule has 0 heterocycles. The van der Waals surface area contributed by atoms with Crippen molar-refractivity contribution in [2.75, 3.05) is 6.61 Å². The average Bonchev–Trinajstić information content (AvgIpc) is 2.01. The molecule has 0 bridgehead atoms. The number of nitrogens with two attached hydrogens (primary N) is 1. The van der Waals surface area contributed by atoms with Crippen LogP contribution in [0, 0.1) is 0 Å². The number of amidine groups is 1. The second-order valence-electron chi connectivity index (χ2n) is 2.61. The van der Waals surface area contributed by atoms with Gasteiger partial charge in [-0.05, 0) is 13.8 Å². The third-order valence-electron chi connectivity index (χ3n) is 1.04. The van der Waals surface area contributed by atoms with Gasteiger partial charge in [-0.25, -0.2) is 0 Å². The van der Waals surface area contributed by atoms with Crippen LogP contribution in [0.1, 0.15) is 13.8 Å². The summed E-state index contributed by atoms with van der Waals surface area (Å²) in [6.07, 6.45) is 1.82. The molecule has 0 spiro atoms. The van der Waals surface area contributed by atoms with Gasteiger partial charge < -0.3 is 15.6 Å². The molecule has 0 aliphatic rings. The molecule has 0 aromatic heterocycles. The summed E-state index contributed by atoms with van der Waals surface area (Å²) in [4.78, 5) is 14.3. The highest BCUT2D eigenvalue weighted by Gasteiger charge is 2.01. The highest BCUT2D eigenvalue weighted by atomic mass is 16.5. The molecule has 0 aromatic carbocycles. The lowest BCUT2D eigenvalue weighted by atomic mass is 10.5. The highest BCUT2D eigenvalue weighted by Crippen LogP contribution is 1.88. The van der Waals surface area contributed by atoms with E-state index in [1.807, 2.05) is 13.8 Å². The molecule has 13 heavy (non-hydrogen) atoms. The van der Waals surface area contributed by atoms with Gasteiger partial charge in [0.05, 0.1) is 12.4 Å². The van der Waals surface area contributed by atoms with E-state index in [2.05, 4.69) is 4.99 Å². The van der Waals surface area contributed by atoms with Crippen LogP contribution in [-0.2, 0) is 9.53 Å². The van der Waals surface area contributed by atoms with Crippen LogP contribution in [0.5, 0.6) is 0 Å². The molecule has 0 aliphatic carbocycles. The van der Waals surface area contributed by atoms with Crippen LogP contribution in [0.3, 0.4) is 0 Å². The number of amides is 1. The Morgan fingerprint density at radius 3 is 2.77 bits per heavy atom. The molecule has 5 heteroatoms. The number of nitrogens with zero attached hydrogens (tertiary/aromatic N) is 1. The molecule has 0 saturated heterocycles. The van der Waals surface area contributed by atoms with Crippen LogP contribution >= 0.6 is 0 Å². The monoisotopic (exact) mass is 186 g/mol. The molecule has 0 unspecified atom stereocenters. The quantitative estimate of drug-likeness (QED) is 0.377. The summed E-state index contributed by atoms with van der Waals surface area (Å²) in [5, 5.41) is 8.28. The summed E-state index contributed by atoms with van der Waals surface area (Å²) in [5.41, 5.74) is 5.22. The van der Waals surface area contributed by atoms with Crippen molar-refractivity contribution < 1.29 is 14.6 Å². The SMILES string of the molecule is CC(C)OCC(=O)N=C(N)/C=C\O. The standard InChI is InChI=1S/C8H14N2O3/c1-6(2)13-5-8(12)10-7(9)3-4-11/h3-4,6,11H,5H2,1-2H3,(H2,9,10,12)/b4-3-. The van der Waals surface area contributed by atoms with Crippen LogP contribution < -0.4 is 5.73 Å². The van der Waals surface area contributed by atoms with Crippen molar-refractivity contribution in [3.05, 3.63) is 12.3 Å². The summed E-state index contributed by atoms with van der Waals surface area (Å²) in [7, 11) is 0. The number of rotatable bonds is 4. The van der Waals surface area contributed by atoms with E-state index in [4.69, 9.17) is 15.6 Å². The van der Waals surface area contributed by atoms with Crippen LogP contribution in [0.15, 0.2) is 17.3 Å². The van der Waals surface area contributed by atoms with Crippen molar-refractivity contribution in [3.63, 3.8) is 0 Å². The van der Waals surface area contributed by atoms with Crippen molar-refractivity contribution in [1.82, 2.24) is 0 Å². The lowest BCUT2D eigenvalue weighted by molar-refractivity contribution is -0.123. The summed E-state index contributed by atoms with van der Waals surface area (Å²) in [6, 6.07) is 0. The zero-order valence-electron chi connectivity index (χ0n) is 7.73. The van der Waals surface area contributed by atoms with Crippen LogP contribution in [0.4, 0.5) is 0 Å². The van der Waals surface area contributed by atoms with Crippen molar-refractivity contribution >= 4 is 11.7 Å². The fraction of sp³-hybridized carbons (Fsp3) is 0.500. The first-order valence-corrected chi connectivity index (χ1v) is 3.85. The summed E-state index contributed by atoms with van der Waals surface area (Å²) >= 11 is 0. The molecule has 0 aliphatic heterocycles. The van der Waals surface area contributed by atoms with Gasteiger partial charge in [0.1, 0.15) is 12.4 Å². The fourth-order valence-electron chi connectivity index (χ4n) is 0.528. The smallest absolute Gasteiger partial charge is 0.273 e. The van der Waals surface area contributed by atoms with Gasteiger partial charge >= 0.3 is 0 Å². The fourth-order valence-corrected chi connectivity index (χ4v) is 0.528. The van der Waals surface area contributed by atoms with Gasteiger partial charge in [-0.2, -0.15) is 4.99 Å². The molecule has 0 fully saturated rings. The summed E-state index contributed by atoms with van der Waals surface area (Å²) < 4.78 is 4.98. The van der Waals surface area contributed by atoms with E-state index in [0.717, 1.165) is 12.3 Å². The van der Waals surface area contributed by atoms with Gasteiger partial charge in [0.15, 0.2) is 0 Å². The second kappa shape index (κ2) is 6.19. The third-order valence-corrected chi connectivity index (χ3v) is 1.04. The first kappa shape index (κ1) is 11.6. The molecule has 5 nitrogen and oxygen atoms in total. The summed E-state index contributed by atoms with van der Waals surface area (Å²) in [6.45, 7) is 3.53. The number of carbonyl (C=O) groups is 1. The Balaban J connectivity index is 3.92. The minimum atomic E-state index is -0.468. The normalized spacial score (nSPS) is 12.7. The van der Waals surface area contributed by atoms with Crippen molar-refractivity contribution in [2.24, 2.45) is 10.7 Å². The molecular formula is C8H14N2O3. The number of carbonyl (C=O) groups excluding carboxylic acids is 1.